The average Bonchev–Trinajstić information content (AvgIpc) is 2.49. The minimum absolute atomic E-state index is 0.234. The van der Waals surface area contributed by atoms with Crippen LogP contribution in [0, 0.1) is 0 Å². The molecule has 2 rings (SSSR count). The maximum absolute atomic E-state index is 10.6. The van der Waals surface area contributed by atoms with Gasteiger partial charge < -0.3 is 5.11 Å². The third kappa shape index (κ3) is 1.27. The van der Waals surface area contributed by atoms with Crippen molar-refractivity contribution in [3.8, 4) is 0 Å². The lowest BCUT2D eigenvalue weighted by Crippen LogP contribution is -2.26. The number of carboxylic acids is 1. The molecule has 0 saturated carbocycles. The predicted octanol–water partition coefficient (Wildman–Crippen LogP) is -1.00. The highest BCUT2D eigenvalue weighted by atomic mass is 35.5. The van der Waals surface area contributed by atoms with Crippen LogP contribution in [-0.2, 0) is 4.79 Å². The standard InChI is InChI=1S/C7H4ClN3O2/c8-5-3-1-4(7(12)13)11-6(3)10-2-9-5/h1-2,4H,(H,12,13)/t4-/m0/s1. The molecule has 2 heterocycles. The van der Waals surface area contributed by atoms with Gasteiger partial charge in [-0.3, -0.25) is 0 Å². The summed E-state index contributed by atoms with van der Waals surface area (Å²) in [5.74, 6) is -1.02. The van der Waals surface area contributed by atoms with Crippen molar-refractivity contribution in [1.82, 2.24) is 9.97 Å². The Balaban J connectivity index is 2.67. The first-order valence-electron chi connectivity index (χ1n) is 3.47. The van der Waals surface area contributed by atoms with Crippen LogP contribution in [0.5, 0.6) is 0 Å². The molecule has 1 aromatic heterocycles. The third-order valence-electron chi connectivity index (χ3n) is 1.65. The van der Waals surface area contributed by atoms with Gasteiger partial charge in [0.25, 0.3) is 0 Å². The fourth-order valence-corrected chi connectivity index (χ4v) is 1.26. The number of carbonyl (C=O) groups is 1. The molecule has 0 spiro atoms. The van der Waals surface area contributed by atoms with Gasteiger partial charge in [0.2, 0.25) is 0 Å². The molecule has 0 radical (unpaired) electrons. The molecule has 1 atom stereocenters. The first kappa shape index (κ1) is 8.12. The smallest absolute Gasteiger partial charge is 0.332 e. The zero-order chi connectivity index (χ0) is 9.42. The summed E-state index contributed by atoms with van der Waals surface area (Å²) < 4.78 is 0. The number of hydrogen-bond donors (Lipinski definition) is 1. The second-order valence-electron chi connectivity index (χ2n) is 2.48. The van der Waals surface area contributed by atoms with Crippen LogP contribution in [-0.4, -0.2) is 27.1 Å². The lowest BCUT2D eigenvalue weighted by molar-refractivity contribution is -0.136. The minimum atomic E-state index is -1.02. The summed E-state index contributed by atoms with van der Waals surface area (Å²) >= 11 is 5.70. The van der Waals surface area contributed by atoms with E-state index < -0.39 is 12.0 Å². The zero-order valence-corrected chi connectivity index (χ0v) is 7.06. The molecule has 0 amide bonds. The van der Waals surface area contributed by atoms with E-state index in [1.807, 2.05) is 0 Å². The molecular weight excluding hydrogens is 194 g/mol. The molecule has 1 N–H and O–H groups in total. The van der Waals surface area contributed by atoms with Gasteiger partial charge in [0.15, 0.2) is 11.5 Å². The molecule has 0 saturated heterocycles. The summed E-state index contributed by atoms with van der Waals surface area (Å²) in [5.41, 5.74) is 0.340. The molecule has 1 aromatic rings. The molecule has 1 aliphatic rings. The lowest BCUT2D eigenvalue weighted by atomic mass is 10.3. The maximum Gasteiger partial charge on any atom is 0.332 e. The van der Waals surface area contributed by atoms with Crippen molar-refractivity contribution >= 4 is 23.6 Å². The summed E-state index contributed by atoms with van der Waals surface area (Å²) in [5, 5.41) is 9.39. The van der Waals surface area contributed by atoms with Crippen LogP contribution >= 0.6 is 11.6 Å². The van der Waals surface area contributed by atoms with Gasteiger partial charge >= 0.3 is 5.97 Å². The van der Waals surface area contributed by atoms with E-state index in [1.165, 1.54) is 12.4 Å². The van der Waals surface area contributed by atoms with E-state index in [4.69, 9.17) is 16.7 Å². The van der Waals surface area contributed by atoms with Crippen LogP contribution in [0.3, 0.4) is 0 Å². The molecule has 5 nitrogen and oxygen atoms in total. The summed E-state index contributed by atoms with van der Waals surface area (Å²) in [7, 11) is 0. The number of halogens is 1. The number of hydrogen-bond acceptors (Lipinski definition) is 4. The lowest BCUT2D eigenvalue weighted by Gasteiger charge is -1.91. The number of fused-ring (bicyclic) bond motifs is 1. The van der Waals surface area contributed by atoms with Crippen LogP contribution in [0.2, 0.25) is 5.15 Å². The van der Waals surface area contributed by atoms with Crippen molar-refractivity contribution in [3.05, 3.63) is 22.2 Å². The van der Waals surface area contributed by atoms with Gasteiger partial charge in [-0.1, -0.05) is 11.6 Å². The molecule has 0 aromatic carbocycles. The van der Waals surface area contributed by atoms with E-state index in [2.05, 4.69) is 15.0 Å². The third-order valence-corrected chi connectivity index (χ3v) is 1.95. The zero-order valence-electron chi connectivity index (χ0n) is 6.31. The Kier molecular flexibility index (Phi) is 1.73. The Morgan fingerprint density at radius 3 is 2.92 bits per heavy atom. The second-order valence-corrected chi connectivity index (χ2v) is 2.84. The van der Waals surface area contributed by atoms with E-state index in [-0.39, 0.29) is 5.15 Å². The van der Waals surface area contributed by atoms with Gasteiger partial charge in [0.1, 0.15) is 11.5 Å². The SMILES string of the molecule is O=C(O)[C@@H]1C=c2c(Cl)ncnc2=N1. The number of nitrogens with zero attached hydrogens (tertiary/aromatic N) is 3. The fourth-order valence-electron chi connectivity index (χ4n) is 1.07. The monoisotopic (exact) mass is 197 g/mol. The number of carboxylic acid groups (broad SMARTS) is 1. The normalized spacial score (nSPS) is 18.7. The van der Waals surface area contributed by atoms with E-state index >= 15 is 0 Å². The van der Waals surface area contributed by atoms with Gasteiger partial charge in [0.05, 0.1) is 5.22 Å². The summed E-state index contributed by atoms with van der Waals surface area (Å²) in [6.45, 7) is 0. The van der Waals surface area contributed by atoms with Gasteiger partial charge in [-0.25, -0.2) is 19.8 Å². The molecule has 6 heteroatoms. The van der Waals surface area contributed by atoms with Crippen LogP contribution in [0.25, 0.3) is 6.08 Å². The molecular formula is C7H4ClN3O2. The molecule has 1 aliphatic heterocycles. The predicted molar refractivity (Wildman–Crippen MR) is 43.7 cm³/mol. The minimum Gasteiger partial charge on any atom is -0.479 e. The van der Waals surface area contributed by atoms with Crippen molar-refractivity contribution in [2.45, 2.75) is 6.04 Å². The number of aliphatic carboxylic acids is 1. The largest absolute Gasteiger partial charge is 0.479 e. The molecule has 66 valence electrons. The average molecular weight is 198 g/mol. The van der Waals surface area contributed by atoms with Crippen molar-refractivity contribution in [1.29, 1.82) is 0 Å². The fraction of sp³-hybridized carbons (Fsp3) is 0.143. The molecule has 0 unspecified atom stereocenters. The summed E-state index contributed by atoms with van der Waals surface area (Å²) in [6, 6.07) is -0.885. The highest BCUT2D eigenvalue weighted by Crippen LogP contribution is 1.98. The Morgan fingerprint density at radius 1 is 1.54 bits per heavy atom. The van der Waals surface area contributed by atoms with Crippen LogP contribution < -0.4 is 10.7 Å². The van der Waals surface area contributed by atoms with Crippen LogP contribution in [0.4, 0.5) is 0 Å². The summed E-state index contributed by atoms with van der Waals surface area (Å²) in [6.07, 6.45) is 2.68. The van der Waals surface area contributed by atoms with Crippen molar-refractivity contribution < 1.29 is 9.90 Å². The van der Waals surface area contributed by atoms with Crippen molar-refractivity contribution in [3.63, 3.8) is 0 Å². The van der Waals surface area contributed by atoms with Gasteiger partial charge in [-0.2, -0.15) is 0 Å². The van der Waals surface area contributed by atoms with Gasteiger partial charge in [0, 0.05) is 0 Å². The Labute approximate surface area is 77.4 Å². The molecule has 0 bridgehead atoms. The topological polar surface area (TPSA) is 75.4 Å². The highest BCUT2D eigenvalue weighted by molar-refractivity contribution is 6.29. The number of aromatic nitrogens is 2. The Bertz CT molecular complexity index is 485. The van der Waals surface area contributed by atoms with E-state index in [0.717, 1.165) is 0 Å². The van der Waals surface area contributed by atoms with E-state index in [1.54, 1.807) is 0 Å². The Hall–Kier alpha value is -1.49. The number of rotatable bonds is 1. The Morgan fingerprint density at radius 2 is 2.31 bits per heavy atom. The quantitative estimate of drug-likeness (QED) is 0.586. The first-order chi connectivity index (χ1) is 6.18. The van der Waals surface area contributed by atoms with Crippen LogP contribution in [0.1, 0.15) is 0 Å². The molecule has 13 heavy (non-hydrogen) atoms. The van der Waals surface area contributed by atoms with Gasteiger partial charge in [-0.15, -0.1) is 0 Å². The second kappa shape index (κ2) is 2.77. The first-order valence-corrected chi connectivity index (χ1v) is 3.85. The van der Waals surface area contributed by atoms with Crippen LogP contribution in [0.15, 0.2) is 11.3 Å². The van der Waals surface area contributed by atoms with Crippen molar-refractivity contribution in [2.75, 3.05) is 0 Å². The summed E-state index contributed by atoms with van der Waals surface area (Å²) in [4.78, 5) is 21.9. The highest BCUT2D eigenvalue weighted by Gasteiger charge is 2.18. The maximum atomic E-state index is 10.6. The molecule has 0 aliphatic carbocycles. The van der Waals surface area contributed by atoms with E-state index in [0.29, 0.717) is 10.7 Å². The van der Waals surface area contributed by atoms with E-state index in [9.17, 15) is 4.79 Å². The van der Waals surface area contributed by atoms with Crippen molar-refractivity contribution in [2.24, 2.45) is 4.99 Å². The van der Waals surface area contributed by atoms with Gasteiger partial charge in [-0.05, 0) is 6.08 Å². The molecule has 0 fully saturated rings.